The maximum absolute atomic E-state index is 13.2. The van der Waals surface area contributed by atoms with Gasteiger partial charge in [0.25, 0.3) is 5.91 Å². The van der Waals surface area contributed by atoms with Crippen molar-refractivity contribution in [2.24, 2.45) is 5.73 Å². The number of nitrogens with one attached hydrogen (secondary N) is 1. The van der Waals surface area contributed by atoms with Gasteiger partial charge >= 0.3 is 0 Å². The van der Waals surface area contributed by atoms with Crippen LogP contribution in [0.2, 0.25) is 0 Å². The molecule has 0 bridgehead atoms. The monoisotopic (exact) mass is 220 g/mol. The lowest BCUT2D eigenvalue weighted by Crippen LogP contribution is -2.14. The van der Waals surface area contributed by atoms with Gasteiger partial charge in [-0.15, -0.1) is 0 Å². The minimum atomic E-state index is -0.888. The molecule has 16 heavy (non-hydrogen) atoms. The molecule has 0 saturated carbocycles. The van der Waals surface area contributed by atoms with Crippen molar-refractivity contribution >= 4 is 11.6 Å². The molecular weight excluding hydrogens is 211 g/mol. The zero-order chi connectivity index (χ0) is 11.5. The highest BCUT2D eigenvalue weighted by Gasteiger charge is 2.14. The van der Waals surface area contributed by atoms with Crippen LogP contribution in [0.1, 0.15) is 10.5 Å². The first-order valence-electron chi connectivity index (χ1n) is 4.53. The molecule has 0 unspecified atom stereocenters. The lowest BCUT2D eigenvalue weighted by Gasteiger charge is -2.00. The molecule has 1 aromatic heterocycles. The quantitative estimate of drug-likeness (QED) is 0.766. The number of hydrogen-bond acceptors (Lipinski definition) is 3. The third-order valence-electron chi connectivity index (χ3n) is 1.97. The van der Waals surface area contributed by atoms with Crippen molar-refractivity contribution in [2.45, 2.75) is 0 Å². The van der Waals surface area contributed by atoms with Gasteiger partial charge in [0.1, 0.15) is 0 Å². The van der Waals surface area contributed by atoms with Crippen LogP contribution in [-0.2, 0) is 0 Å². The molecule has 0 saturated heterocycles. The maximum atomic E-state index is 13.2. The van der Waals surface area contributed by atoms with Crippen LogP contribution in [0.4, 0.5) is 4.39 Å². The Morgan fingerprint density at radius 3 is 3.00 bits per heavy atom. The molecule has 82 valence electrons. The number of amides is 1. The standard InChI is InChI=1S/C10H9FN4O/c11-8-6-15(14-9(8)10(12)16)7-3-1-2-4-13-5-7/h1-6,13H,(H2,12,16). The SMILES string of the molecule is NC(=O)c1nn(C2=CNC=CC=C2)cc1F. The Morgan fingerprint density at radius 1 is 1.50 bits per heavy atom. The Morgan fingerprint density at radius 2 is 2.31 bits per heavy atom. The molecule has 0 aliphatic carbocycles. The third-order valence-corrected chi connectivity index (χ3v) is 1.97. The van der Waals surface area contributed by atoms with Crippen molar-refractivity contribution in [1.29, 1.82) is 0 Å². The van der Waals surface area contributed by atoms with Gasteiger partial charge < -0.3 is 11.1 Å². The van der Waals surface area contributed by atoms with E-state index in [0.29, 0.717) is 5.70 Å². The number of primary amides is 1. The van der Waals surface area contributed by atoms with Gasteiger partial charge in [0.2, 0.25) is 0 Å². The normalized spacial score (nSPS) is 14.2. The maximum Gasteiger partial charge on any atom is 0.272 e. The summed E-state index contributed by atoms with van der Waals surface area (Å²) < 4.78 is 14.5. The molecule has 0 atom stereocenters. The van der Waals surface area contributed by atoms with E-state index in [0.717, 1.165) is 6.20 Å². The number of carbonyl (C=O) groups excluding carboxylic acids is 1. The molecule has 1 amide bonds. The number of nitrogens with two attached hydrogens (primary N) is 1. The van der Waals surface area contributed by atoms with Crippen molar-refractivity contribution in [3.63, 3.8) is 0 Å². The molecule has 0 aromatic carbocycles. The van der Waals surface area contributed by atoms with E-state index < -0.39 is 11.7 Å². The van der Waals surface area contributed by atoms with Crippen LogP contribution in [0.15, 0.2) is 36.8 Å². The van der Waals surface area contributed by atoms with Crippen LogP contribution in [0.5, 0.6) is 0 Å². The second-order valence-electron chi connectivity index (χ2n) is 3.09. The molecule has 6 heteroatoms. The summed E-state index contributed by atoms with van der Waals surface area (Å²) in [6.45, 7) is 0. The van der Waals surface area contributed by atoms with E-state index in [1.165, 1.54) is 4.68 Å². The number of hydrogen-bond donors (Lipinski definition) is 2. The fourth-order valence-corrected chi connectivity index (χ4v) is 1.24. The Labute approximate surface area is 90.7 Å². The first kappa shape index (κ1) is 10.2. The molecule has 1 aromatic rings. The van der Waals surface area contributed by atoms with Crippen molar-refractivity contribution in [3.05, 3.63) is 48.3 Å². The highest BCUT2D eigenvalue weighted by atomic mass is 19.1. The van der Waals surface area contributed by atoms with Crippen molar-refractivity contribution in [1.82, 2.24) is 15.1 Å². The van der Waals surface area contributed by atoms with Crippen molar-refractivity contribution in [2.75, 3.05) is 0 Å². The highest BCUT2D eigenvalue weighted by Crippen LogP contribution is 2.11. The number of rotatable bonds is 2. The molecule has 2 rings (SSSR count). The largest absolute Gasteiger partial charge is 0.366 e. The van der Waals surface area contributed by atoms with Gasteiger partial charge in [-0.2, -0.15) is 5.10 Å². The van der Waals surface area contributed by atoms with Crippen LogP contribution in [0, 0.1) is 5.82 Å². The molecule has 0 fully saturated rings. The lowest BCUT2D eigenvalue weighted by molar-refractivity contribution is 0.0991. The zero-order valence-corrected chi connectivity index (χ0v) is 8.22. The molecule has 5 nitrogen and oxygen atoms in total. The number of halogens is 1. The van der Waals surface area contributed by atoms with E-state index in [1.54, 1.807) is 30.6 Å². The molecule has 1 aliphatic heterocycles. The minimum absolute atomic E-state index is 0.369. The van der Waals surface area contributed by atoms with Gasteiger partial charge in [-0.1, -0.05) is 6.08 Å². The molecule has 2 heterocycles. The van der Waals surface area contributed by atoms with Gasteiger partial charge in [-0.3, -0.25) is 4.79 Å². The van der Waals surface area contributed by atoms with Gasteiger partial charge in [0, 0.05) is 12.4 Å². The first-order chi connectivity index (χ1) is 7.68. The predicted molar refractivity (Wildman–Crippen MR) is 56.4 cm³/mol. The molecule has 0 radical (unpaired) electrons. The van der Waals surface area contributed by atoms with Gasteiger partial charge in [0.05, 0.1) is 11.9 Å². The van der Waals surface area contributed by atoms with E-state index in [1.807, 2.05) is 0 Å². The van der Waals surface area contributed by atoms with E-state index >= 15 is 0 Å². The number of aromatic nitrogens is 2. The van der Waals surface area contributed by atoms with Crippen molar-refractivity contribution < 1.29 is 9.18 Å². The fourth-order valence-electron chi connectivity index (χ4n) is 1.24. The topological polar surface area (TPSA) is 72.9 Å². The van der Waals surface area contributed by atoms with Crippen LogP contribution >= 0.6 is 0 Å². The molecule has 3 N–H and O–H groups in total. The number of carbonyl (C=O) groups is 1. The van der Waals surface area contributed by atoms with Gasteiger partial charge in [-0.25, -0.2) is 9.07 Å². The summed E-state index contributed by atoms with van der Waals surface area (Å²) in [5.74, 6) is -1.63. The van der Waals surface area contributed by atoms with E-state index in [2.05, 4.69) is 10.4 Å². The molecule has 1 aliphatic rings. The second kappa shape index (κ2) is 4.01. The van der Waals surface area contributed by atoms with Crippen LogP contribution < -0.4 is 11.1 Å². The second-order valence-corrected chi connectivity index (χ2v) is 3.09. The van der Waals surface area contributed by atoms with E-state index in [9.17, 15) is 9.18 Å². The molecular formula is C10H9FN4O. The summed E-state index contributed by atoms with van der Waals surface area (Å²) in [4.78, 5) is 10.8. The summed E-state index contributed by atoms with van der Waals surface area (Å²) >= 11 is 0. The average molecular weight is 220 g/mol. The first-order valence-corrected chi connectivity index (χ1v) is 4.53. The Bertz CT molecular complexity index is 513. The minimum Gasteiger partial charge on any atom is -0.366 e. The zero-order valence-electron chi connectivity index (χ0n) is 8.22. The third kappa shape index (κ3) is 1.85. The summed E-state index contributed by atoms with van der Waals surface area (Å²) in [6, 6.07) is 0. The van der Waals surface area contributed by atoms with Crippen molar-refractivity contribution in [3.8, 4) is 0 Å². The summed E-state index contributed by atoms with van der Waals surface area (Å²) in [6.07, 6.45) is 9.68. The highest BCUT2D eigenvalue weighted by molar-refractivity contribution is 5.91. The predicted octanol–water partition coefficient (Wildman–Crippen LogP) is 0.593. The number of allylic oxidation sites excluding steroid dienone is 4. The van der Waals surface area contributed by atoms with Crippen LogP contribution in [0.3, 0.4) is 0 Å². The summed E-state index contributed by atoms with van der Waals surface area (Å²) in [5.41, 5.74) is 5.19. The van der Waals surface area contributed by atoms with E-state index in [-0.39, 0.29) is 5.69 Å². The van der Waals surface area contributed by atoms with E-state index in [4.69, 9.17) is 5.73 Å². The smallest absolute Gasteiger partial charge is 0.272 e. The van der Waals surface area contributed by atoms with Crippen LogP contribution in [-0.4, -0.2) is 15.7 Å². The fraction of sp³-hybridized carbons (Fsp3) is 0. The Kier molecular flexibility index (Phi) is 2.55. The van der Waals surface area contributed by atoms with Crippen LogP contribution in [0.25, 0.3) is 5.70 Å². The number of nitrogens with zero attached hydrogens (tertiary/aromatic N) is 2. The van der Waals surface area contributed by atoms with Gasteiger partial charge in [0.15, 0.2) is 11.5 Å². The summed E-state index contributed by atoms with van der Waals surface area (Å²) in [5, 5.41) is 6.60. The Hall–Kier alpha value is -2.37. The molecule has 0 spiro atoms. The average Bonchev–Trinajstić information content (AvgIpc) is 2.50. The Balaban J connectivity index is 2.38. The summed E-state index contributed by atoms with van der Waals surface area (Å²) in [7, 11) is 0. The lowest BCUT2D eigenvalue weighted by atomic mass is 10.4. The van der Waals surface area contributed by atoms with Gasteiger partial charge in [-0.05, 0) is 12.2 Å².